The van der Waals surface area contributed by atoms with Crippen LogP contribution in [0.2, 0.25) is 0 Å². The van der Waals surface area contributed by atoms with E-state index in [9.17, 15) is 0 Å². The molecule has 2 atom stereocenters. The molecule has 0 aromatic carbocycles. The van der Waals surface area contributed by atoms with E-state index in [1.165, 1.54) is 32.2 Å². The minimum absolute atomic E-state index is 0.429. The van der Waals surface area contributed by atoms with Crippen molar-refractivity contribution in [3.63, 3.8) is 0 Å². The predicted molar refractivity (Wildman–Crippen MR) is 55.6 cm³/mol. The Balaban J connectivity index is 1.91. The van der Waals surface area contributed by atoms with Gasteiger partial charge >= 0.3 is 0 Å². The number of hydrogen-bond acceptors (Lipinski definition) is 2. The van der Waals surface area contributed by atoms with Gasteiger partial charge in [0.15, 0.2) is 0 Å². The molecule has 0 spiro atoms. The highest BCUT2D eigenvalue weighted by Gasteiger charge is 2.45. The van der Waals surface area contributed by atoms with Crippen LogP contribution in [0, 0.1) is 5.41 Å². The summed E-state index contributed by atoms with van der Waals surface area (Å²) >= 11 is 0. The Hall–Kier alpha value is -0.0800. The molecule has 1 aliphatic heterocycles. The van der Waals surface area contributed by atoms with Gasteiger partial charge in [-0.25, -0.2) is 0 Å². The lowest BCUT2D eigenvalue weighted by atomic mass is 9.95. The molecule has 2 unspecified atom stereocenters. The Morgan fingerprint density at radius 2 is 2.15 bits per heavy atom. The summed E-state index contributed by atoms with van der Waals surface area (Å²) in [6, 6.07) is 1.18. The molecule has 2 aliphatic rings. The zero-order valence-corrected chi connectivity index (χ0v) is 8.92. The van der Waals surface area contributed by atoms with Gasteiger partial charge in [0.25, 0.3) is 0 Å². The number of hydrogen-bond donors (Lipinski definition) is 1. The van der Waals surface area contributed by atoms with E-state index in [0.717, 1.165) is 12.6 Å². The van der Waals surface area contributed by atoms with Gasteiger partial charge < -0.3 is 5.73 Å². The standard InChI is InChI=1S/C11H22N2/c1-9(11(2)5-6-11)13-7-3-4-10(12)8-13/h9-10H,3-8,12H2,1-2H3. The van der Waals surface area contributed by atoms with Crippen LogP contribution in [0.15, 0.2) is 0 Å². The number of nitrogens with zero attached hydrogens (tertiary/aromatic N) is 1. The van der Waals surface area contributed by atoms with Crippen LogP contribution in [0.3, 0.4) is 0 Å². The summed E-state index contributed by atoms with van der Waals surface area (Å²) in [6.45, 7) is 7.18. The Morgan fingerprint density at radius 1 is 1.46 bits per heavy atom. The number of nitrogens with two attached hydrogens (primary N) is 1. The maximum atomic E-state index is 5.98. The Bertz CT molecular complexity index is 187. The molecule has 2 nitrogen and oxygen atoms in total. The summed E-state index contributed by atoms with van der Waals surface area (Å²) < 4.78 is 0. The zero-order valence-electron chi connectivity index (χ0n) is 8.92. The molecule has 0 bridgehead atoms. The van der Waals surface area contributed by atoms with Gasteiger partial charge in [0.05, 0.1) is 0 Å². The van der Waals surface area contributed by atoms with E-state index >= 15 is 0 Å². The summed E-state index contributed by atoms with van der Waals surface area (Å²) in [7, 11) is 0. The van der Waals surface area contributed by atoms with Gasteiger partial charge in [-0.05, 0) is 44.6 Å². The molecule has 1 heterocycles. The van der Waals surface area contributed by atoms with Gasteiger partial charge in [-0.3, -0.25) is 4.90 Å². The van der Waals surface area contributed by atoms with E-state index in [-0.39, 0.29) is 0 Å². The van der Waals surface area contributed by atoms with Crippen LogP contribution in [0.4, 0.5) is 0 Å². The van der Waals surface area contributed by atoms with Crippen molar-refractivity contribution in [2.45, 2.75) is 51.6 Å². The van der Waals surface area contributed by atoms with Crippen molar-refractivity contribution in [2.75, 3.05) is 13.1 Å². The second-order valence-electron chi connectivity index (χ2n) is 5.23. The highest BCUT2D eigenvalue weighted by atomic mass is 15.2. The van der Waals surface area contributed by atoms with Gasteiger partial charge in [0.1, 0.15) is 0 Å². The van der Waals surface area contributed by atoms with Crippen LogP contribution in [-0.4, -0.2) is 30.1 Å². The monoisotopic (exact) mass is 182 g/mol. The van der Waals surface area contributed by atoms with E-state index < -0.39 is 0 Å². The fourth-order valence-corrected chi connectivity index (χ4v) is 2.45. The van der Waals surface area contributed by atoms with Crippen LogP contribution in [0.5, 0.6) is 0 Å². The van der Waals surface area contributed by atoms with Crippen LogP contribution in [0.25, 0.3) is 0 Å². The van der Waals surface area contributed by atoms with E-state index in [4.69, 9.17) is 5.73 Å². The van der Waals surface area contributed by atoms with Gasteiger partial charge in [0, 0.05) is 18.6 Å². The molecule has 2 N–H and O–H groups in total. The van der Waals surface area contributed by atoms with Gasteiger partial charge in [-0.2, -0.15) is 0 Å². The van der Waals surface area contributed by atoms with Crippen molar-refractivity contribution in [1.82, 2.24) is 4.90 Å². The summed E-state index contributed by atoms with van der Waals surface area (Å²) in [5, 5.41) is 0. The molecule has 0 amide bonds. The molecule has 2 heteroatoms. The largest absolute Gasteiger partial charge is 0.327 e. The summed E-state index contributed by atoms with van der Waals surface area (Å²) in [5.74, 6) is 0. The molecule has 0 aromatic rings. The molecule has 76 valence electrons. The third kappa shape index (κ3) is 1.89. The highest BCUT2D eigenvalue weighted by molar-refractivity contribution is 4.98. The van der Waals surface area contributed by atoms with Crippen molar-refractivity contribution < 1.29 is 0 Å². The van der Waals surface area contributed by atoms with Crippen molar-refractivity contribution in [3.8, 4) is 0 Å². The summed E-state index contributed by atoms with van der Waals surface area (Å²) in [5.41, 5.74) is 6.61. The molecule has 1 aliphatic carbocycles. The van der Waals surface area contributed by atoms with Crippen molar-refractivity contribution in [2.24, 2.45) is 11.1 Å². The minimum atomic E-state index is 0.429. The average molecular weight is 182 g/mol. The van der Waals surface area contributed by atoms with Gasteiger partial charge in [-0.1, -0.05) is 6.92 Å². The first-order valence-electron chi connectivity index (χ1n) is 5.61. The topological polar surface area (TPSA) is 29.3 Å². The first-order valence-corrected chi connectivity index (χ1v) is 5.61. The Kier molecular flexibility index (Phi) is 2.37. The van der Waals surface area contributed by atoms with E-state index in [2.05, 4.69) is 18.7 Å². The van der Waals surface area contributed by atoms with Gasteiger partial charge in [0.2, 0.25) is 0 Å². The van der Waals surface area contributed by atoms with E-state index in [1.54, 1.807) is 0 Å². The third-order valence-corrected chi connectivity index (χ3v) is 4.08. The van der Waals surface area contributed by atoms with E-state index in [1.807, 2.05) is 0 Å². The lowest BCUT2D eigenvalue weighted by molar-refractivity contribution is 0.114. The number of piperidine rings is 1. The fraction of sp³-hybridized carbons (Fsp3) is 1.00. The maximum absolute atomic E-state index is 5.98. The lowest BCUT2D eigenvalue weighted by Crippen LogP contribution is -2.49. The third-order valence-electron chi connectivity index (χ3n) is 4.08. The van der Waals surface area contributed by atoms with Gasteiger partial charge in [-0.15, -0.1) is 0 Å². The summed E-state index contributed by atoms with van der Waals surface area (Å²) in [6.07, 6.45) is 5.35. The number of likely N-dealkylation sites (tertiary alicyclic amines) is 1. The number of rotatable bonds is 2. The van der Waals surface area contributed by atoms with Crippen LogP contribution in [-0.2, 0) is 0 Å². The predicted octanol–water partition coefficient (Wildman–Crippen LogP) is 1.60. The Labute approximate surface area is 81.5 Å². The highest BCUT2D eigenvalue weighted by Crippen LogP contribution is 2.50. The van der Waals surface area contributed by atoms with Crippen LogP contribution in [0.1, 0.15) is 39.5 Å². The molecule has 0 aromatic heterocycles. The lowest BCUT2D eigenvalue weighted by Gasteiger charge is -2.38. The second-order valence-corrected chi connectivity index (χ2v) is 5.23. The molecular weight excluding hydrogens is 160 g/mol. The average Bonchev–Trinajstić information content (AvgIpc) is 2.84. The SMILES string of the molecule is CC(N1CCCC(N)C1)C1(C)CC1. The Morgan fingerprint density at radius 3 is 2.69 bits per heavy atom. The van der Waals surface area contributed by atoms with Crippen molar-refractivity contribution in [3.05, 3.63) is 0 Å². The van der Waals surface area contributed by atoms with Crippen molar-refractivity contribution >= 4 is 0 Å². The molecule has 0 radical (unpaired) electrons. The quantitative estimate of drug-likeness (QED) is 0.703. The van der Waals surface area contributed by atoms with Crippen LogP contribution >= 0.6 is 0 Å². The molecule has 1 saturated heterocycles. The fourth-order valence-electron chi connectivity index (χ4n) is 2.45. The maximum Gasteiger partial charge on any atom is 0.0168 e. The first-order chi connectivity index (χ1) is 6.12. The summed E-state index contributed by atoms with van der Waals surface area (Å²) in [4.78, 5) is 2.60. The first kappa shape index (κ1) is 9.47. The second kappa shape index (κ2) is 3.25. The smallest absolute Gasteiger partial charge is 0.0168 e. The van der Waals surface area contributed by atoms with Crippen molar-refractivity contribution in [1.29, 1.82) is 0 Å². The normalized spacial score (nSPS) is 35.8. The van der Waals surface area contributed by atoms with E-state index in [0.29, 0.717) is 11.5 Å². The minimum Gasteiger partial charge on any atom is -0.327 e. The molecule has 1 saturated carbocycles. The zero-order chi connectivity index (χ0) is 9.47. The molecule has 13 heavy (non-hydrogen) atoms. The molecule has 2 fully saturated rings. The van der Waals surface area contributed by atoms with Crippen LogP contribution < -0.4 is 5.73 Å². The molecule has 2 rings (SSSR count). The molecular formula is C11H22N2.